The topological polar surface area (TPSA) is 46.0 Å². The van der Waals surface area contributed by atoms with Gasteiger partial charge in [0.25, 0.3) is 0 Å². The Kier molecular flexibility index (Phi) is 4.74. The maximum Gasteiger partial charge on any atom is 0.128 e. The lowest BCUT2D eigenvalue weighted by molar-refractivity contribution is 0.597. The molecule has 1 unspecified atom stereocenters. The van der Waals surface area contributed by atoms with E-state index in [1.807, 2.05) is 37.3 Å². The van der Waals surface area contributed by atoms with Crippen LogP contribution < -0.4 is 10.2 Å². The lowest BCUT2D eigenvalue weighted by Crippen LogP contribution is -2.21. The first-order chi connectivity index (χ1) is 9.61. The van der Waals surface area contributed by atoms with Gasteiger partial charge in [-0.1, -0.05) is 6.92 Å². The van der Waals surface area contributed by atoms with Gasteiger partial charge < -0.3 is 14.8 Å². The van der Waals surface area contributed by atoms with Crippen LogP contribution in [0.5, 0.6) is 0 Å². The Balaban J connectivity index is 2.12. The van der Waals surface area contributed by atoms with Crippen molar-refractivity contribution in [3.63, 3.8) is 0 Å². The standard InChI is InChI=1S/C15H23N5/c1-5-16-12(2)13-6-7-17-14(10-13)20(4)11-15-18-8-9-19(15)3/h6-10,12,16H,5,11H2,1-4H3. The number of hydrogen-bond donors (Lipinski definition) is 1. The third kappa shape index (κ3) is 3.36. The molecule has 0 aliphatic carbocycles. The Morgan fingerprint density at radius 3 is 2.80 bits per heavy atom. The number of nitrogens with zero attached hydrogens (tertiary/aromatic N) is 4. The van der Waals surface area contributed by atoms with E-state index in [0.717, 1.165) is 24.7 Å². The van der Waals surface area contributed by atoms with Gasteiger partial charge in [0.2, 0.25) is 0 Å². The van der Waals surface area contributed by atoms with Crippen molar-refractivity contribution in [2.75, 3.05) is 18.5 Å². The maximum absolute atomic E-state index is 4.45. The van der Waals surface area contributed by atoms with E-state index in [4.69, 9.17) is 0 Å². The Morgan fingerprint density at radius 1 is 1.35 bits per heavy atom. The second-order valence-electron chi connectivity index (χ2n) is 5.04. The molecule has 5 nitrogen and oxygen atoms in total. The van der Waals surface area contributed by atoms with E-state index in [0.29, 0.717) is 6.04 Å². The first-order valence-electron chi connectivity index (χ1n) is 6.98. The SMILES string of the molecule is CCNC(C)c1ccnc(N(C)Cc2nccn2C)c1. The number of rotatable bonds is 6. The smallest absolute Gasteiger partial charge is 0.128 e. The highest BCUT2D eigenvalue weighted by Crippen LogP contribution is 2.18. The molecule has 0 aliphatic rings. The average Bonchev–Trinajstić information content (AvgIpc) is 2.85. The monoisotopic (exact) mass is 273 g/mol. The van der Waals surface area contributed by atoms with Crippen molar-refractivity contribution in [3.05, 3.63) is 42.1 Å². The van der Waals surface area contributed by atoms with Crippen LogP contribution in [0.3, 0.4) is 0 Å². The van der Waals surface area contributed by atoms with Crippen LogP contribution in [0, 0.1) is 0 Å². The first kappa shape index (κ1) is 14.5. The van der Waals surface area contributed by atoms with Crippen molar-refractivity contribution < 1.29 is 0 Å². The van der Waals surface area contributed by atoms with E-state index >= 15 is 0 Å². The summed E-state index contributed by atoms with van der Waals surface area (Å²) >= 11 is 0. The normalized spacial score (nSPS) is 12.4. The van der Waals surface area contributed by atoms with E-state index in [1.165, 1.54) is 5.56 Å². The van der Waals surface area contributed by atoms with Gasteiger partial charge in [0.15, 0.2) is 0 Å². The van der Waals surface area contributed by atoms with Crippen LogP contribution in [0.25, 0.3) is 0 Å². The number of aryl methyl sites for hydroxylation is 1. The molecule has 0 radical (unpaired) electrons. The third-order valence-corrected chi connectivity index (χ3v) is 3.47. The van der Waals surface area contributed by atoms with E-state index < -0.39 is 0 Å². The molecule has 2 aromatic heterocycles. The zero-order valence-electron chi connectivity index (χ0n) is 12.7. The molecule has 1 atom stereocenters. The van der Waals surface area contributed by atoms with Crippen molar-refractivity contribution in [2.45, 2.75) is 26.4 Å². The molecule has 0 saturated carbocycles. The van der Waals surface area contributed by atoms with Gasteiger partial charge in [-0.15, -0.1) is 0 Å². The Morgan fingerprint density at radius 2 is 2.15 bits per heavy atom. The molecule has 2 heterocycles. The summed E-state index contributed by atoms with van der Waals surface area (Å²) < 4.78 is 2.03. The van der Waals surface area contributed by atoms with Crippen molar-refractivity contribution >= 4 is 5.82 Å². The minimum absolute atomic E-state index is 0.336. The maximum atomic E-state index is 4.45. The summed E-state index contributed by atoms with van der Waals surface area (Å²) in [6.45, 7) is 5.99. The van der Waals surface area contributed by atoms with Crippen LogP contribution in [0.1, 0.15) is 31.3 Å². The van der Waals surface area contributed by atoms with Gasteiger partial charge >= 0.3 is 0 Å². The zero-order chi connectivity index (χ0) is 14.5. The summed E-state index contributed by atoms with van der Waals surface area (Å²) in [6, 6.07) is 4.53. The van der Waals surface area contributed by atoms with Crippen LogP contribution in [0.4, 0.5) is 5.82 Å². The van der Waals surface area contributed by atoms with Gasteiger partial charge in [0.1, 0.15) is 11.6 Å². The van der Waals surface area contributed by atoms with Crippen LogP contribution in [-0.2, 0) is 13.6 Å². The summed E-state index contributed by atoms with van der Waals surface area (Å²) in [6.07, 6.45) is 5.65. The molecule has 1 N–H and O–H groups in total. The fourth-order valence-corrected chi connectivity index (χ4v) is 2.18. The van der Waals surface area contributed by atoms with E-state index in [-0.39, 0.29) is 0 Å². The van der Waals surface area contributed by atoms with Crippen LogP contribution >= 0.6 is 0 Å². The molecule has 0 saturated heterocycles. The first-order valence-corrected chi connectivity index (χ1v) is 6.98. The molecule has 20 heavy (non-hydrogen) atoms. The summed E-state index contributed by atoms with van der Waals surface area (Å²) in [5, 5.41) is 3.42. The van der Waals surface area contributed by atoms with Crippen molar-refractivity contribution in [1.29, 1.82) is 0 Å². The van der Waals surface area contributed by atoms with Gasteiger partial charge in [-0.25, -0.2) is 9.97 Å². The third-order valence-electron chi connectivity index (χ3n) is 3.47. The summed E-state index contributed by atoms with van der Waals surface area (Å²) in [4.78, 5) is 10.9. The highest BCUT2D eigenvalue weighted by Gasteiger charge is 2.10. The molecule has 2 rings (SSSR count). The molecule has 108 valence electrons. The van der Waals surface area contributed by atoms with Gasteiger partial charge in [0, 0.05) is 38.7 Å². The van der Waals surface area contributed by atoms with Crippen molar-refractivity contribution in [2.24, 2.45) is 7.05 Å². The predicted octanol–water partition coefficient (Wildman–Crippen LogP) is 2.12. The zero-order valence-corrected chi connectivity index (χ0v) is 12.7. The Bertz CT molecular complexity index is 549. The lowest BCUT2D eigenvalue weighted by Gasteiger charge is -2.20. The molecule has 0 bridgehead atoms. The molecular formula is C15H23N5. The van der Waals surface area contributed by atoms with Crippen molar-refractivity contribution in [3.8, 4) is 0 Å². The van der Waals surface area contributed by atoms with E-state index in [2.05, 4.69) is 46.2 Å². The minimum Gasteiger partial charge on any atom is -0.352 e. The van der Waals surface area contributed by atoms with E-state index in [1.54, 1.807) is 0 Å². The number of hydrogen-bond acceptors (Lipinski definition) is 4. The van der Waals surface area contributed by atoms with E-state index in [9.17, 15) is 0 Å². The quantitative estimate of drug-likeness (QED) is 0.875. The highest BCUT2D eigenvalue weighted by atomic mass is 15.2. The fraction of sp³-hybridized carbons (Fsp3) is 0.467. The van der Waals surface area contributed by atoms with Crippen LogP contribution in [-0.4, -0.2) is 28.1 Å². The number of aromatic nitrogens is 3. The highest BCUT2D eigenvalue weighted by molar-refractivity contribution is 5.41. The number of anilines is 1. The number of imidazole rings is 1. The van der Waals surface area contributed by atoms with Gasteiger partial charge in [-0.3, -0.25) is 0 Å². The Labute approximate surface area is 120 Å². The van der Waals surface area contributed by atoms with Crippen molar-refractivity contribution in [1.82, 2.24) is 19.9 Å². The molecule has 2 aromatic rings. The molecule has 0 fully saturated rings. The fourth-order valence-electron chi connectivity index (χ4n) is 2.18. The predicted molar refractivity (Wildman–Crippen MR) is 81.6 cm³/mol. The Hall–Kier alpha value is -1.88. The second kappa shape index (κ2) is 6.52. The van der Waals surface area contributed by atoms with Gasteiger partial charge in [0.05, 0.1) is 6.54 Å². The molecular weight excluding hydrogens is 250 g/mol. The molecule has 0 spiro atoms. The summed E-state index contributed by atoms with van der Waals surface area (Å²) in [5.74, 6) is 2.00. The van der Waals surface area contributed by atoms with Gasteiger partial charge in [-0.2, -0.15) is 0 Å². The summed E-state index contributed by atoms with van der Waals surface area (Å²) in [7, 11) is 4.05. The van der Waals surface area contributed by atoms with Crippen LogP contribution in [0.15, 0.2) is 30.7 Å². The molecule has 5 heteroatoms. The molecule has 0 aromatic carbocycles. The molecule has 0 amide bonds. The largest absolute Gasteiger partial charge is 0.352 e. The number of nitrogens with one attached hydrogen (secondary N) is 1. The van der Waals surface area contributed by atoms with Gasteiger partial charge in [-0.05, 0) is 31.2 Å². The average molecular weight is 273 g/mol. The second-order valence-corrected chi connectivity index (χ2v) is 5.04. The minimum atomic E-state index is 0.336. The number of pyridine rings is 1. The lowest BCUT2D eigenvalue weighted by atomic mass is 10.1. The van der Waals surface area contributed by atoms with Crippen LogP contribution in [0.2, 0.25) is 0 Å². The molecule has 0 aliphatic heterocycles. The summed E-state index contributed by atoms with van der Waals surface area (Å²) in [5.41, 5.74) is 1.25.